The Bertz CT molecular complexity index is 821. The van der Waals surface area contributed by atoms with Gasteiger partial charge in [0.2, 0.25) is 0 Å². The third-order valence-corrected chi connectivity index (χ3v) is 3.99. The van der Waals surface area contributed by atoms with Crippen LogP contribution in [0.15, 0.2) is 42.5 Å². The fraction of sp³-hybridized carbons (Fsp3) is 0.333. The van der Waals surface area contributed by atoms with Gasteiger partial charge in [0.25, 0.3) is 0 Å². The number of Topliss-reactive ketones (excluding diaryl/α,β-unsaturated/α-hetero) is 2. The largest absolute Gasteiger partial charge is 0.382 e. The molecule has 132 valence electrons. The maximum absolute atomic E-state index is 12.7. The molecule has 0 aliphatic carbocycles. The molecule has 2 aromatic carbocycles. The summed E-state index contributed by atoms with van der Waals surface area (Å²) in [6.07, 6.45) is 0. The zero-order chi connectivity index (χ0) is 19.0. The lowest BCUT2D eigenvalue weighted by Gasteiger charge is -2.21. The first-order chi connectivity index (χ1) is 11.4. The molecule has 0 aromatic heterocycles. The third kappa shape index (κ3) is 4.03. The lowest BCUT2D eigenvalue weighted by atomic mass is 9.85. The van der Waals surface area contributed by atoms with Crippen molar-refractivity contribution in [2.24, 2.45) is 0 Å². The molecule has 0 radical (unpaired) electrons. The number of rotatable bonds is 5. The minimum Gasteiger partial charge on any atom is -0.382 e. The van der Waals surface area contributed by atoms with Crippen LogP contribution in [-0.4, -0.2) is 33.0 Å². The molecule has 25 heavy (non-hydrogen) atoms. The Hall–Kier alpha value is -2.30. The van der Waals surface area contributed by atoms with Gasteiger partial charge in [0.1, 0.15) is 11.2 Å². The second-order valence-corrected chi connectivity index (χ2v) is 7.37. The van der Waals surface area contributed by atoms with Crippen LogP contribution in [0.2, 0.25) is 0 Å². The van der Waals surface area contributed by atoms with E-state index >= 15 is 0 Å². The highest BCUT2D eigenvalue weighted by Gasteiger charge is 2.31. The van der Waals surface area contributed by atoms with Crippen molar-refractivity contribution < 1.29 is 19.8 Å². The first-order valence-corrected chi connectivity index (χ1v) is 8.17. The number of benzene rings is 2. The van der Waals surface area contributed by atoms with Crippen molar-refractivity contribution in [1.29, 1.82) is 0 Å². The van der Waals surface area contributed by atoms with Gasteiger partial charge >= 0.3 is 0 Å². The van der Waals surface area contributed by atoms with E-state index in [1.807, 2.05) is 13.0 Å². The number of hydrogen-bond donors (Lipinski definition) is 2. The van der Waals surface area contributed by atoms with Crippen LogP contribution < -0.4 is 0 Å². The van der Waals surface area contributed by atoms with Gasteiger partial charge in [-0.3, -0.25) is 9.59 Å². The summed E-state index contributed by atoms with van der Waals surface area (Å²) in [5.74, 6) is -0.848. The second-order valence-electron chi connectivity index (χ2n) is 7.37. The molecule has 0 unspecified atom stereocenters. The predicted molar refractivity (Wildman–Crippen MR) is 97.9 cm³/mol. The monoisotopic (exact) mass is 340 g/mol. The van der Waals surface area contributed by atoms with Crippen molar-refractivity contribution in [1.82, 2.24) is 0 Å². The molecule has 0 spiro atoms. The van der Waals surface area contributed by atoms with Crippen LogP contribution >= 0.6 is 0 Å². The molecular formula is C21H24O4. The van der Waals surface area contributed by atoms with Gasteiger partial charge in [-0.2, -0.15) is 0 Å². The summed E-state index contributed by atoms with van der Waals surface area (Å²) in [6.45, 7) is 7.64. The van der Waals surface area contributed by atoms with E-state index < -0.39 is 22.8 Å². The standard InChI is InChI=1S/C21H24O4/c1-13-10-11-16(19(23)21(4,5)25)17(12-13)14-8-6-7-9-15(14)18(22)20(2,3)24/h6-12,24-25H,1-5H3. The lowest BCUT2D eigenvalue weighted by molar-refractivity contribution is 0.0486. The van der Waals surface area contributed by atoms with Crippen LogP contribution in [-0.2, 0) is 0 Å². The van der Waals surface area contributed by atoms with E-state index in [4.69, 9.17) is 0 Å². The average Bonchev–Trinajstić information content (AvgIpc) is 2.51. The summed E-state index contributed by atoms with van der Waals surface area (Å²) in [5.41, 5.74) is -0.321. The SMILES string of the molecule is Cc1ccc(C(=O)C(C)(C)O)c(-c2ccccc2C(=O)C(C)(C)O)c1. The van der Waals surface area contributed by atoms with E-state index in [-0.39, 0.29) is 0 Å². The van der Waals surface area contributed by atoms with Gasteiger partial charge in [0.05, 0.1) is 0 Å². The maximum atomic E-state index is 12.7. The molecule has 0 bridgehead atoms. The molecule has 0 heterocycles. The van der Waals surface area contributed by atoms with Crippen molar-refractivity contribution in [3.8, 4) is 11.1 Å². The summed E-state index contributed by atoms with van der Waals surface area (Å²) in [7, 11) is 0. The molecule has 0 amide bonds. The van der Waals surface area contributed by atoms with E-state index in [1.165, 1.54) is 27.7 Å². The molecule has 0 saturated carbocycles. The number of ketones is 2. The Morgan fingerprint density at radius 2 is 1.24 bits per heavy atom. The molecular weight excluding hydrogens is 316 g/mol. The fourth-order valence-corrected chi connectivity index (χ4v) is 2.65. The van der Waals surface area contributed by atoms with Gasteiger partial charge in [0, 0.05) is 11.1 Å². The van der Waals surface area contributed by atoms with Crippen LogP contribution in [0.4, 0.5) is 0 Å². The summed E-state index contributed by atoms with van der Waals surface area (Å²) in [4.78, 5) is 25.3. The Labute approximate surface area is 148 Å². The molecule has 0 aliphatic heterocycles. The van der Waals surface area contributed by atoms with Gasteiger partial charge < -0.3 is 10.2 Å². The highest BCUT2D eigenvalue weighted by atomic mass is 16.3. The minimum absolute atomic E-state index is 0.338. The van der Waals surface area contributed by atoms with E-state index in [9.17, 15) is 19.8 Å². The molecule has 0 saturated heterocycles. The van der Waals surface area contributed by atoms with Crippen molar-refractivity contribution in [2.75, 3.05) is 0 Å². The zero-order valence-corrected chi connectivity index (χ0v) is 15.3. The molecule has 2 rings (SSSR count). The lowest BCUT2D eigenvalue weighted by Crippen LogP contribution is -2.32. The predicted octanol–water partition coefficient (Wildman–Crippen LogP) is 3.57. The van der Waals surface area contributed by atoms with E-state index in [0.29, 0.717) is 22.3 Å². The molecule has 0 fully saturated rings. The summed E-state index contributed by atoms with van der Waals surface area (Å²) in [5, 5.41) is 20.2. The number of aryl methyl sites for hydroxylation is 1. The highest BCUT2D eigenvalue weighted by Crippen LogP contribution is 2.32. The molecule has 2 aromatic rings. The van der Waals surface area contributed by atoms with Crippen LogP contribution in [0, 0.1) is 6.92 Å². The number of carbonyl (C=O) groups excluding carboxylic acids is 2. The Balaban J connectivity index is 2.74. The van der Waals surface area contributed by atoms with Crippen LogP contribution in [0.1, 0.15) is 54.0 Å². The number of carbonyl (C=O) groups is 2. The van der Waals surface area contributed by atoms with Gasteiger partial charge in [0.15, 0.2) is 11.6 Å². The van der Waals surface area contributed by atoms with E-state index in [2.05, 4.69) is 0 Å². The van der Waals surface area contributed by atoms with E-state index in [1.54, 1.807) is 36.4 Å². The van der Waals surface area contributed by atoms with Gasteiger partial charge in [-0.25, -0.2) is 0 Å². The minimum atomic E-state index is -1.53. The highest BCUT2D eigenvalue weighted by molar-refractivity contribution is 6.11. The van der Waals surface area contributed by atoms with Crippen LogP contribution in [0.3, 0.4) is 0 Å². The van der Waals surface area contributed by atoms with E-state index in [0.717, 1.165) is 5.56 Å². The molecule has 4 heteroatoms. The first kappa shape index (κ1) is 19.0. The Kier molecular flexibility index (Phi) is 4.98. The molecule has 2 N–H and O–H groups in total. The zero-order valence-electron chi connectivity index (χ0n) is 15.3. The molecule has 0 atom stereocenters. The van der Waals surface area contributed by atoms with Gasteiger partial charge in [-0.15, -0.1) is 0 Å². The van der Waals surface area contributed by atoms with Crippen molar-refractivity contribution in [2.45, 2.75) is 45.8 Å². The molecule has 4 nitrogen and oxygen atoms in total. The summed E-state index contributed by atoms with van der Waals surface area (Å²) in [6, 6.07) is 12.1. The first-order valence-electron chi connectivity index (χ1n) is 8.17. The second kappa shape index (κ2) is 6.54. The average molecular weight is 340 g/mol. The third-order valence-electron chi connectivity index (χ3n) is 3.99. The van der Waals surface area contributed by atoms with Crippen molar-refractivity contribution in [3.63, 3.8) is 0 Å². The summed E-state index contributed by atoms with van der Waals surface area (Å²) >= 11 is 0. The topological polar surface area (TPSA) is 74.6 Å². The maximum Gasteiger partial charge on any atom is 0.194 e. The summed E-state index contributed by atoms with van der Waals surface area (Å²) < 4.78 is 0. The fourth-order valence-electron chi connectivity index (χ4n) is 2.65. The normalized spacial score (nSPS) is 12.1. The number of hydrogen-bond acceptors (Lipinski definition) is 4. The van der Waals surface area contributed by atoms with Gasteiger partial charge in [-0.1, -0.05) is 48.0 Å². The van der Waals surface area contributed by atoms with Crippen LogP contribution in [0.5, 0.6) is 0 Å². The van der Waals surface area contributed by atoms with Crippen LogP contribution in [0.25, 0.3) is 11.1 Å². The number of aliphatic hydroxyl groups is 2. The quantitative estimate of drug-likeness (QED) is 0.816. The van der Waals surface area contributed by atoms with Gasteiger partial charge in [-0.05, 0) is 45.7 Å². The van der Waals surface area contributed by atoms with Crippen molar-refractivity contribution >= 4 is 11.6 Å². The smallest absolute Gasteiger partial charge is 0.194 e. The Morgan fingerprint density at radius 1 is 0.760 bits per heavy atom. The molecule has 0 aliphatic rings. The van der Waals surface area contributed by atoms with Crippen molar-refractivity contribution in [3.05, 3.63) is 59.2 Å². The Morgan fingerprint density at radius 3 is 1.76 bits per heavy atom.